The molecule has 146 valence electrons. The zero-order chi connectivity index (χ0) is 19.5. The number of halogens is 1. The SMILES string of the molecule is O=C(NCc1cccc(C(=O)N2CCCC2)c1)c1cc(Cl)c2c(c1)OCCO2. The molecular formula is C21H21ClN2O4. The molecule has 2 aromatic carbocycles. The second kappa shape index (κ2) is 8.10. The third-order valence-corrected chi connectivity index (χ3v) is 5.16. The number of ether oxygens (including phenoxy) is 2. The zero-order valence-corrected chi connectivity index (χ0v) is 16.1. The Bertz CT molecular complexity index is 909. The Morgan fingerprint density at radius 3 is 2.64 bits per heavy atom. The lowest BCUT2D eigenvalue weighted by molar-refractivity contribution is 0.0792. The van der Waals surface area contributed by atoms with Gasteiger partial charge in [-0.15, -0.1) is 0 Å². The highest BCUT2D eigenvalue weighted by Crippen LogP contribution is 2.38. The Hall–Kier alpha value is -2.73. The topological polar surface area (TPSA) is 67.9 Å². The van der Waals surface area contributed by atoms with Crippen molar-refractivity contribution in [1.29, 1.82) is 0 Å². The highest BCUT2D eigenvalue weighted by molar-refractivity contribution is 6.32. The molecule has 0 radical (unpaired) electrons. The van der Waals surface area contributed by atoms with E-state index in [-0.39, 0.29) is 11.8 Å². The summed E-state index contributed by atoms with van der Waals surface area (Å²) in [4.78, 5) is 26.9. The Labute approximate surface area is 168 Å². The van der Waals surface area contributed by atoms with Gasteiger partial charge in [-0.1, -0.05) is 23.7 Å². The van der Waals surface area contributed by atoms with Crippen molar-refractivity contribution in [1.82, 2.24) is 10.2 Å². The summed E-state index contributed by atoms with van der Waals surface area (Å²) in [7, 11) is 0. The lowest BCUT2D eigenvalue weighted by atomic mass is 10.1. The first-order valence-corrected chi connectivity index (χ1v) is 9.75. The Kier molecular flexibility index (Phi) is 5.39. The quantitative estimate of drug-likeness (QED) is 0.855. The predicted molar refractivity (Wildman–Crippen MR) is 105 cm³/mol. The van der Waals surface area contributed by atoms with Crippen LogP contribution in [0.3, 0.4) is 0 Å². The predicted octanol–water partition coefficient (Wildman–Crippen LogP) is 3.28. The number of benzene rings is 2. The van der Waals surface area contributed by atoms with E-state index < -0.39 is 0 Å². The summed E-state index contributed by atoms with van der Waals surface area (Å²) in [5, 5.41) is 3.21. The second-order valence-electron chi connectivity index (χ2n) is 6.86. The van der Waals surface area contributed by atoms with Crippen LogP contribution in [0.5, 0.6) is 11.5 Å². The lowest BCUT2D eigenvalue weighted by Crippen LogP contribution is -2.28. The van der Waals surface area contributed by atoms with Gasteiger partial charge < -0.3 is 19.7 Å². The molecule has 7 heteroatoms. The van der Waals surface area contributed by atoms with Crippen molar-refractivity contribution >= 4 is 23.4 Å². The van der Waals surface area contributed by atoms with Gasteiger partial charge in [-0.2, -0.15) is 0 Å². The maximum Gasteiger partial charge on any atom is 0.253 e. The molecule has 0 aliphatic carbocycles. The largest absolute Gasteiger partial charge is 0.486 e. The maximum absolute atomic E-state index is 12.5. The van der Waals surface area contributed by atoms with E-state index in [1.165, 1.54) is 0 Å². The third-order valence-electron chi connectivity index (χ3n) is 4.88. The van der Waals surface area contributed by atoms with Crippen molar-refractivity contribution in [3.8, 4) is 11.5 Å². The number of hydrogen-bond donors (Lipinski definition) is 1. The Morgan fingerprint density at radius 2 is 1.82 bits per heavy atom. The number of nitrogens with one attached hydrogen (secondary N) is 1. The van der Waals surface area contributed by atoms with Gasteiger partial charge in [0.25, 0.3) is 11.8 Å². The van der Waals surface area contributed by atoms with Crippen LogP contribution < -0.4 is 14.8 Å². The first kappa shape index (κ1) is 18.6. The van der Waals surface area contributed by atoms with Gasteiger partial charge in [0.2, 0.25) is 0 Å². The number of carbonyl (C=O) groups excluding carboxylic acids is 2. The van der Waals surface area contributed by atoms with Gasteiger partial charge in [0.05, 0.1) is 5.02 Å². The fourth-order valence-electron chi connectivity index (χ4n) is 3.44. The van der Waals surface area contributed by atoms with Crippen LogP contribution in [0.4, 0.5) is 0 Å². The lowest BCUT2D eigenvalue weighted by Gasteiger charge is -2.20. The van der Waals surface area contributed by atoms with E-state index >= 15 is 0 Å². The van der Waals surface area contributed by atoms with E-state index in [4.69, 9.17) is 21.1 Å². The minimum absolute atomic E-state index is 0.0456. The second-order valence-corrected chi connectivity index (χ2v) is 7.27. The van der Waals surface area contributed by atoms with Gasteiger partial charge in [0.15, 0.2) is 11.5 Å². The fourth-order valence-corrected chi connectivity index (χ4v) is 3.71. The van der Waals surface area contributed by atoms with Crippen LogP contribution >= 0.6 is 11.6 Å². The van der Waals surface area contributed by atoms with Gasteiger partial charge in [-0.25, -0.2) is 0 Å². The van der Waals surface area contributed by atoms with E-state index in [0.717, 1.165) is 31.5 Å². The van der Waals surface area contributed by atoms with E-state index in [9.17, 15) is 9.59 Å². The summed E-state index contributed by atoms with van der Waals surface area (Å²) in [6.07, 6.45) is 2.11. The minimum Gasteiger partial charge on any atom is -0.486 e. The monoisotopic (exact) mass is 400 g/mol. The van der Waals surface area contributed by atoms with Crippen LogP contribution in [-0.4, -0.2) is 43.0 Å². The molecule has 2 aliphatic rings. The number of fused-ring (bicyclic) bond motifs is 1. The number of nitrogens with zero attached hydrogens (tertiary/aromatic N) is 1. The maximum atomic E-state index is 12.5. The molecule has 28 heavy (non-hydrogen) atoms. The fraction of sp³-hybridized carbons (Fsp3) is 0.333. The molecule has 0 spiro atoms. The standard InChI is InChI=1S/C21H21ClN2O4/c22-17-11-16(12-18-19(17)28-9-8-27-18)20(25)23-13-14-4-3-5-15(10-14)21(26)24-6-1-2-7-24/h3-5,10-12H,1-2,6-9,13H2,(H,23,25). The van der Waals surface area contributed by atoms with Gasteiger partial charge in [0, 0.05) is 30.8 Å². The highest BCUT2D eigenvalue weighted by atomic mass is 35.5. The van der Waals surface area contributed by atoms with Crippen molar-refractivity contribution in [3.05, 3.63) is 58.1 Å². The van der Waals surface area contributed by atoms with Crippen LogP contribution in [0.15, 0.2) is 36.4 Å². The van der Waals surface area contributed by atoms with E-state index in [1.54, 1.807) is 12.1 Å². The van der Waals surface area contributed by atoms with Crippen LogP contribution in [-0.2, 0) is 6.54 Å². The zero-order valence-electron chi connectivity index (χ0n) is 15.4. The molecular weight excluding hydrogens is 380 g/mol. The Balaban J connectivity index is 1.43. The van der Waals surface area contributed by atoms with Crippen molar-refractivity contribution in [2.75, 3.05) is 26.3 Å². The van der Waals surface area contributed by atoms with Crippen molar-refractivity contribution in [3.63, 3.8) is 0 Å². The minimum atomic E-state index is -0.268. The Morgan fingerprint density at radius 1 is 1.04 bits per heavy atom. The van der Waals surface area contributed by atoms with Crippen LogP contribution in [0, 0.1) is 0 Å². The molecule has 1 saturated heterocycles. The van der Waals surface area contributed by atoms with Gasteiger partial charge in [-0.3, -0.25) is 9.59 Å². The first-order valence-electron chi connectivity index (χ1n) is 9.37. The number of hydrogen-bond acceptors (Lipinski definition) is 4. The summed E-state index contributed by atoms with van der Waals surface area (Å²) in [5.41, 5.74) is 1.91. The van der Waals surface area contributed by atoms with Gasteiger partial charge in [0.1, 0.15) is 13.2 Å². The summed E-state index contributed by atoms with van der Waals surface area (Å²) in [6.45, 7) is 2.79. The average molecular weight is 401 g/mol. The first-order chi connectivity index (χ1) is 13.6. The number of rotatable bonds is 4. The van der Waals surface area contributed by atoms with E-state index in [0.29, 0.717) is 47.4 Å². The van der Waals surface area contributed by atoms with Crippen LogP contribution in [0.25, 0.3) is 0 Å². The molecule has 4 rings (SSSR count). The van der Waals surface area contributed by atoms with Crippen LogP contribution in [0.1, 0.15) is 39.1 Å². The molecule has 0 bridgehead atoms. The molecule has 0 atom stereocenters. The summed E-state index contributed by atoms with van der Waals surface area (Å²) >= 11 is 6.20. The summed E-state index contributed by atoms with van der Waals surface area (Å²) in [5.74, 6) is 0.721. The van der Waals surface area contributed by atoms with Gasteiger partial charge >= 0.3 is 0 Å². The number of carbonyl (C=O) groups is 2. The molecule has 2 heterocycles. The van der Waals surface area contributed by atoms with Gasteiger partial charge in [-0.05, 0) is 42.7 Å². The van der Waals surface area contributed by atoms with Crippen molar-refractivity contribution in [2.45, 2.75) is 19.4 Å². The summed E-state index contributed by atoms with van der Waals surface area (Å²) in [6, 6.07) is 10.6. The molecule has 1 N–H and O–H groups in total. The van der Waals surface area contributed by atoms with Crippen molar-refractivity contribution < 1.29 is 19.1 Å². The van der Waals surface area contributed by atoms with E-state index in [1.807, 2.05) is 29.2 Å². The normalized spacial score (nSPS) is 15.4. The smallest absolute Gasteiger partial charge is 0.253 e. The molecule has 6 nitrogen and oxygen atoms in total. The average Bonchev–Trinajstić information content (AvgIpc) is 3.26. The summed E-state index contributed by atoms with van der Waals surface area (Å²) < 4.78 is 11.0. The van der Waals surface area contributed by atoms with E-state index in [2.05, 4.69) is 5.32 Å². The molecule has 2 aliphatic heterocycles. The molecule has 2 aromatic rings. The van der Waals surface area contributed by atoms with Crippen molar-refractivity contribution in [2.24, 2.45) is 0 Å². The molecule has 0 unspecified atom stereocenters. The molecule has 0 saturated carbocycles. The van der Waals surface area contributed by atoms with Crippen LogP contribution in [0.2, 0.25) is 5.02 Å². The number of amides is 2. The highest BCUT2D eigenvalue weighted by Gasteiger charge is 2.21. The number of likely N-dealkylation sites (tertiary alicyclic amines) is 1. The molecule has 2 amide bonds. The molecule has 0 aromatic heterocycles. The molecule has 1 fully saturated rings. The third kappa shape index (κ3) is 3.92.